The summed E-state index contributed by atoms with van der Waals surface area (Å²) in [6, 6.07) is 14.9. The lowest BCUT2D eigenvalue weighted by atomic mass is 10.2. The molecular weight excluding hydrogens is 348 g/mol. The Morgan fingerprint density at radius 1 is 1.07 bits per heavy atom. The molecule has 1 heterocycles. The van der Waals surface area contributed by atoms with Gasteiger partial charge in [-0.25, -0.2) is 0 Å². The van der Waals surface area contributed by atoms with Gasteiger partial charge in [-0.1, -0.05) is 35.5 Å². The smallest absolute Gasteiger partial charge is 0.309 e. The van der Waals surface area contributed by atoms with E-state index < -0.39 is 5.97 Å². The summed E-state index contributed by atoms with van der Waals surface area (Å²) in [5.74, 6) is 1.57. The van der Waals surface area contributed by atoms with E-state index in [0.29, 0.717) is 17.1 Å². The van der Waals surface area contributed by atoms with Gasteiger partial charge in [0.15, 0.2) is 6.61 Å². The first-order chi connectivity index (χ1) is 13.2. The maximum absolute atomic E-state index is 11.9. The Morgan fingerprint density at radius 2 is 1.81 bits per heavy atom. The minimum atomic E-state index is -0.402. The Labute approximate surface area is 156 Å². The van der Waals surface area contributed by atoms with E-state index >= 15 is 0 Å². The summed E-state index contributed by atoms with van der Waals surface area (Å²) in [6.07, 6.45) is 0.127. The van der Waals surface area contributed by atoms with Crippen LogP contribution in [0.5, 0.6) is 11.5 Å². The molecule has 7 nitrogen and oxygen atoms in total. The van der Waals surface area contributed by atoms with Gasteiger partial charge in [0.25, 0.3) is 5.89 Å². The third-order valence-corrected chi connectivity index (χ3v) is 3.83. The van der Waals surface area contributed by atoms with Crippen molar-refractivity contribution in [3.05, 3.63) is 60.0 Å². The first kappa shape index (κ1) is 18.4. The molecule has 3 aromatic rings. The van der Waals surface area contributed by atoms with Crippen molar-refractivity contribution in [1.82, 2.24) is 10.1 Å². The van der Waals surface area contributed by atoms with Gasteiger partial charge in [-0.3, -0.25) is 4.79 Å². The van der Waals surface area contributed by atoms with Gasteiger partial charge in [-0.15, -0.1) is 0 Å². The monoisotopic (exact) mass is 368 g/mol. The molecule has 140 valence electrons. The second-order valence-corrected chi connectivity index (χ2v) is 5.74. The standard InChI is InChI=1S/C20H20N2O5/c1-14-7-3-5-9-16(14)25-12-11-19(23)26-13-18-21-20(22-27-18)15-8-4-6-10-17(15)24-2/h3-10H,11-13H2,1-2H3. The van der Waals surface area contributed by atoms with Gasteiger partial charge in [-0.05, 0) is 30.7 Å². The van der Waals surface area contributed by atoms with E-state index in [1.807, 2.05) is 49.4 Å². The number of esters is 1. The van der Waals surface area contributed by atoms with Gasteiger partial charge in [0.2, 0.25) is 5.82 Å². The number of hydrogen-bond donors (Lipinski definition) is 0. The summed E-state index contributed by atoms with van der Waals surface area (Å²) in [4.78, 5) is 16.1. The van der Waals surface area contributed by atoms with Gasteiger partial charge in [0.05, 0.1) is 25.7 Å². The van der Waals surface area contributed by atoms with Crippen molar-refractivity contribution >= 4 is 5.97 Å². The quantitative estimate of drug-likeness (QED) is 0.562. The molecule has 0 unspecified atom stereocenters. The highest BCUT2D eigenvalue weighted by Crippen LogP contribution is 2.27. The van der Waals surface area contributed by atoms with E-state index in [4.69, 9.17) is 18.7 Å². The molecule has 0 radical (unpaired) electrons. The average Bonchev–Trinajstić information content (AvgIpc) is 3.17. The van der Waals surface area contributed by atoms with Crippen LogP contribution in [0.15, 0.2) is 53.1 Å². The maximum Gasteiger partial charge on any atom is 0.309 e. The molecule has 3 rings (SSSR count). The number of carbonyl (C=O) groups is 1. The zero-order valence-corrected chi connectivity index (χ0v) is 15.2. The molecule has 0 amide bonds. The minimum absolute atomic E-state index is 0.0919. The molecule has 0 bridgehead atoms. The molecule has 0 fully saturated rings. The van der Waals surface area contributed by atoms with Crippen LogP contribution in [0.1, 0.15) is 17.9 Å². The number of aromatic nitrogens is 2. The first-order valence-corrected chi connectivity index (χ1v) is 8.47. The molecule has 27 heavy (non-hydrogen) atoms. The molecule has 0 aliphatic rings. The molecule has 0 atom stereocenters. The zero-order chi connectivity index (χ0) is 19.1. The molecule has 0 saturated carbocycles. The Balaban J connectivity index is 1.48. The van der Waals surface area contributed by atoms with E-state index in [1.54, 1.807) is 13.2 Å². The molecule has 0 spiro atoms. The topological polar surface area (TPSA) is 83.7 Å². The fourth-order valence-electron chi connectivity index (χ4n) is 2.43. The van der Waals surface area contributed by atoms with Crippen molar-refractivity contribution in [3.63, 3.8) is 0 Å². The van der Waals surface area contributed by atoms with Crippen molar-refractivity contribution < 1.29 is 23.5 Å². The summed E-state index contributed by atoms with van der Waals surface area (Å²) in [5.41, 5.74) is 1.72. The normalized spacial score (nSPS) is 10.4. The Hall–Kier alpha value is -3.35. The Kier molecular flexibility index (Phi) is 6.04. The van der Waals surface area contributed by atoms with Crippen molar-refractivity contribution in [3.8, 4) is 22.9 Å². The summed E-state index contributed by atoms with van der Waals surface area (Å²) < 4.78 is 21.1. The largest absolute Gasteiger partial charge is 0.496 e. The van der Waals surface area contributed by atoms with Crippen LogP contribution in [0.25, 0.3) is 11.4 Å². The lowest BCUT2D eigenvalue weighted by molar-refractivity contribution is -0.146. The Morgan fingerprint density at radius 3 is 2.59 bits per heavy atom. The fourth-order valence-corrected chi connectivity index (χ4v) is 2.43. The molecule has 1 aromatic heterocycles. The predicted molar refractivity (Wildman–Crippen MR) is 97.4 cm³/mol. The first-order valence-electron chi connectivity index (χ1n) is 8.47. The Bertz CT molecular complexity index is 907. The summed E-state index contributed by atoms with van der Waals surface area (Å²) in [7, 11) is 1.57. The van der Waals surface area contributed by atoms with Crippen LogP contribution in [0.2, 0.25) is 0 Å². The van der Waals surface area contributed by atoms with Gasteiger partial charge in [0, 0.05) is 0 Å². The van der Waals surface area contributed by atoms with E-state index in [9.17, 15) is 4.79 Å². The van der Waals surface area contributed by atoms with Gasteiger partial charge in [0.1, 0.15) is 11.5 Å². The molecule has 0 saturated heterocycles. The van der Waals surface area contributed by atoms with Crippen LogP contribution in [-0.2, 0) is 16.1 Å². The third-order valence-electron chi connectivity index (χ3n) is 3.83. The third kappa shape index (κ3) is 4.84. The second-order valence-electron chi connectivity index (χ2n) is 5.74. The minimum Gasteiger partial charge on any atom is -0.496 e. The SMILES string of the molecule is COc1ccccc1-c1noc(COC(=O)CCOc2ccccc2C)n1. The van der Waals surface area contributed by atoms with Crippen LogP contribution >= 0.6 is 0 Å². The summed E-state index contributed by atoms with van der Waals surface area (Å²) in [6.45, 7) is 2.09. The van der Waals surface area contributed by atoms with Crippen LogP contribution in [0.4, 0.5) is 0 Å². The number of nitrogens with zero attached hydrogens (tertiary/aromatic N) is 2. The van der Waals surface area contributed by atoms with Crippen molar-refractivity contribution in [2.45, 2.75) is 20.0 Å². The number of rotatable bonds is 8. The average molecular weight is 368 g/mol. The number of hydrogen-bond acceptors (Lipinski definition) is 7. The van der Waals surface area contributed by atoms with E-state index in [0.717, 1.165) is 11.3 Å². The van der Waals surface area contributed by atoms with Crippen LogP contribution in [0, 0.1) is 6.92 Å². The van der Waals surface area contributed by atoms with Gasteiger partial charge >= 0.3 is 5.97 Å². The number of benzene rings is 2. The number of para-hydroxylation sites is 2. The number of methoxy groups -OCH3 is 1. The lowest BCUT2D eigenvalue weighted by Crippen LogP contribution is -2.10. The molecule has 0 aliphatic carbocycles. The zero-order valence-electron chi connectivity index (χ0n) is 15.2. The highest BCUT2D eigenvalue weighted by atomic mass is 16.6. The second kappa shape index (κ2) is 8.84. The van der Waals surface area contributed by atoms with Crippen LogP contribution in [0.3, 0.4) is 0 Å². The number of aryl methyl sites for hydroxylation is 1. The van der Waals surface area contributed by atoms with Gasteiger partial charge < -0.3 is 18.7 Å². The van der Waals surface area contributed by atoms with Crippen molar-refractivity contribution in [2.75, 3.05) is 13.7 Å². The summed E-state index contributed by atoms with van der Waals surface area (Å²) in [5, 5.41) is 3.90. The van der Waals surface area contributed by atoms with Crippen LogP contribution < -0.4 is 9.47 Å². The van der Waals surface area contributed by atoms with E-state index in [2.05, 4.69) is 10.1 Å². The van der Waals surface area contributed by atoms with E-state index in [-0.39, 0.29) is 25.5 Å². The van der Waals surface area contributed by atoms with Crippen molar-refractivity contribution in [2.24, 2.45) is 0 Å². The van der Waals surface area contributed by atoms with Crippen LogP contribution in [-0.4, -0.2) is 29.8 Å². The number of ether oxygens (including phenoxy) is 3. The molecular formula is C20H20N2O5. The molecule has 0 aliphatic heterocycles. The van der Waals surface area contributed by atoms with Gasteiger partial charge in [-0.2, -0.15) is 4.98 Å². The predicted octanol–water partition coefficient (Wildman–Crippen LogP) is 3.57. The number of carbonyl (C=O) groups excluding carboxylic acids is 1. The highest BCUT2D eigenvalue weighted by Gasteiger charge is 2.14. The molecule has 0 N–H and O–H groups in total. The molecule has 7 heteroatoms. The lowest BCUT2D eigenvalue weighted by Gasteiger charge is -2.08. The highest BCUT2D eigenvalue weighted by molar-refractivity contribution is 5.69. The maximum atomic E-state index is 11.9. The molecule has 2 aromatic carbocycles. The fraction of sp³-hybridized carbons (Fsp3) is 0.250. The van der Waals surface area contributed by atoms with E-state index in [1.165, 1.54) is 0 Å². The van der Waals surface area contributed by atoms with Crippen molar-refractivity contribution in [1.29, 1.82) is 0 Å². The summed E-state index contributed by atoms with van der Waals surface area (Å²) >= 11 is 0.